The molecule has 0 radical (unpaired) electrons. The van der Waals surface area contributed by atoms with Crippen LogP contribution in [0.25, 0.3) is 11.1 Å². The molecule has 1 aliphatic rings. The molecule has 1 aliphatic carbocycles. The SMILES string of the molecule is CNCCOc1ccc(C2=C(c3ccccc3)CCCc3ccccc32)cc1. The van der Waals surface area contributed by atoms with Crippen LogP contribution in [0.5, 0.6) is 5.75 Å². The number of hydrogen-bond acceptors (Lipinski definition) is 2. The van der Waals surface area contributed by atoms with Crippen LogP contribution in [0.4, 0.5) is 0 Å². The van der Waals surface area contributed by atoms with Crippen LogP contribution in [-0.4, -0.2) is 20.2 Å². The molecule has 0 atom stereocenters. The summed E-state index contributed by atoms with van der Waals surface area (Å²) in [5.41, 5.74) is 8.19. The Morgan fingerprint density at radius 1 is 0.786 bits per heavy atom. The largest absolute Gasteiger partial charge is 0.492 e. The van der Waals surface area contributed by atoms with E-state index in [2.05, 4.69) is 84.2 Å². The Hall–Kier alpha value is -2.84. The van der Waals surface area contributed by atoms with Crippen LogP contribution in [0.3, 0.4) is 0 Å². The van der Waals surface area contributed by atoms with Crippen molar-refractivity contribution in [3.63, 3.8) is 0 Å². The number of benzene rings is 3. The Balaban J connectivity index is 1.80. The van der Waals surface area contributed by atoms with Crippen LogP contribution in [0.15, 0.2) is 78.9 Å². The number of fused-ring (bicyclic) bond motifs is 1. The molecule has 3 aromatic carbocycles. The first-order chi connectivity index (χ1) is 13.9. The zero-order valence-electron chi connectivity index (χ0n) is 16.4. The summed E-state index contributed by atoms with van der Waals surface area (Å²) in [6, 6.07) is 28.3. The van der Waals surface area contributed by atoms with Crippen molar-refractivity contribution in [2.75, 3.05) is 20.2 Å². The highest BCUT2D eigenvalue weighted by atomic mass is 16.5. The van der Waals surface area contributed by atoms with E-state index in [1.54, 1.807) is 0 Å². The number of hydrogen-bond donors (Lipinski definition) is 1. The monoisotopic (exact) mass is 369 g/mol. The van der Waals surface area contributed by atoms with Crippen molar-refractivity contribution in [1.82, 2.24) is 5.32 Å². The Morgan fingerprint density at radius 3 is 2.32 bits per heavy atom. The molecule has 0 saturated carbocycles. The van der Waals surface area contributed by atoms with Gasteiger partial charge < -0.3 is 10.1 Å². The predicted octanol–water partition coefficient (Wildman–Crippen LogP) is 5.58. The fourth-order valence-corrected chi connectivity index (χ4v) is 3.97. The van der Waals surface area contributed by atoms with E-state index in [0.717, 1.165) is 25.1 Å². The van der Waals surface area contributed by atoms with Crippen molar-refractivity contribution in [3.05, 3.63) is 101 Å². The number of ether oxygens (including phenoxy) is 1. The molecule has 2 heteroatoms. The lowest BCUT2D eigenvalue weighted by Crippen LogP contribution is -2.15. The van der Waals surface area contributed by atoms with Gasteiger partial charge in [0.2, 0.25) is 0 Å². The molecule has 0 amide bonds. The second-order valence-electron chi connectivity index (χ2n) is 7.21. The molecule has 0 spiro atoms. The van der Waals surface area contributed by atoms with E-state index in [9.17, 15) is 0 Å². The van der Waals surface area contributed by atoms with Gasteiger partial charge in [-0.2, -0.15) is 0 Å². The van der Waals surface area contributed by atoms with Crippen LogP contribution in [0, 0.1) is 0 Å². The van der Waals surface area contributed by atoms with E-state index in [1.807, 2.05) is 7.05 Å². The first kappa shape index (κ1) is 18.5. The van der Waals surface area contributed by atoms with Gasteiger partial charge >= 0.3 is 0 Å². The van der Waals surface area contributed by atoms with Gasteiger partial charge in [-0.05, 0) is 71.8 Å². The number of likely N-dealkylation sites (N-methyl/N-ethyl adjacent to an activating group) is 1. The zero-order chi connectivity index (χ0) is 19.2. The van der Waals surface area contributed by atoms with Gasteiger partial charge in [0.25, 0.3) is 0 Å². The average Bonchev–Trinajstić information content (AvgIpc) is 2.95. The highest BCUT2D eigenvalue weighted by Crippen LogP contribution is 2.39. The molecule has 0 fully saturated rings. The van der Waals surface area contributed by atoms with Crippen LogP contribution < -0.4 is 10.1 Å². The van der Waals surface area contributed by atoms with Gasteiger partial charge in [0, 0.05) is 6.54 Å². The Bertz CT molecular complexity index is 942. The van der Waals surface area contributed by atoms with Crippen molar-refractivity contribution in [2.45, 2.75) is 19.3 Å². The maximum atomic E-state index is 5.82. The lowest BCUT2D eigenvalue weighted by Gasteiger charge is -2.17. The second-order valence-corrected chi connectivity index (χ2v) is 7.21. The van der Waals surface area contributed by atoms with Crippen molar-refractivity contribution in [1.29, 1.82) is 0 Å². The molecule has 0 saturated heterocycles. The normalized spacial score (nSPS) is 13.8. The van der Waals surface area contributed by atoms with Gasteiger partial charge in [-0.25, -0.2) is 0 Å². The number of rotatable bonds is 6. The van der Waals surface area contributed by atoms with E-state index in [-0.39, 0.29) is 0 Å². The fourth-order valence-electron chi connectivity index (χ4n) is 3.97. The minimum atomic E-state index is 0.677. The summed E-state index contributed by atoms with van der Waals surface area (Å²) >= 11 is 0. The fraction of sp³-hybridized carbons (Fsp3) is 0.231. The van der Waals surface area contributed by atoms with E-state index >= 15 is 0 Å². The molecule has 0 aromatic heterocycles. The maximum Gasteiger partial charge on any atom is 0.119 e. The van der Waals surface area contributed by atoms with Gasteiger partial charge in [0.1, 0.15) is 12.4 Å². The van der Waals surface area contributed by atoms with Crippen LogP contribution in [0.2, 0.25) is 0 Å². The molecule has 142 valence electrons. The van der Waals surface area contributed by atoms with Gasteiger partial charge in [-0.3, -0.25) is 0 Å². The summed E-state index contributed by atoms with van der Waals surface area (Å²) in [6.07, 6.45) is 3.39. The van der Waals surface area contributed by atoms with Crippen molar-refractivity contribution in [2.24, 2.45) is 0 Å². The van der Waals surface area contributed by atoms with Crippen molar-refractivity contribution in [3.8, 4) is 5.75 Å². The number of aryl methyl sites for hydroxylation is 1. The molecule has 3 aromatic rings. The zero-order valence-corrected chi connectivity index (χ0v) is 16.4. The summed E-state index contributed by atoms with van der Waals surface area (Å²) < 4.78 is 5.82. The topological polar surface area (TPSA) is 21.3 Å². The third-order valence-electron chi connectivity index (χ3n) is 5.35. The molecule has 1 N–H and O–H groups in total. The smallest absolute Gasteiger partial charge is 0.119 e. The lowest BCUT2D eigenvalue weighted by atomic mass is 9.88. The second kappa shape index (κ2) is 8.90. The molecular formula is C26H27NO. The Morgan fingerprint density at radius 2 is 1.54 bits per heavy atom. The standard InChI is InChI=1S/C26H27NO/c1-27-18-19-28-23-16-14-22(15-17-23)26-24-12-6-5-10-21(24)11-7-13-25(26)20-8-3-2-4-9-20/h2-6,8-10,12,14-17,27H,7,11,13,18-19H2,1H3. The molecule has 0 bridgehead atoms. The van der Waals surface area contributed by atoms with E-state index in [4.69, 9.17) is 4.74 Å². The highest BCUT2D eigenvalue weighted by Gasteiger charge is 2.19. The van der Waals surface area contributed by atoms with Gasteiger partial charge in [0.15, 0.2) is 0 Å². The summed E-state index contributed by atoms with van der Waals surface area (Å²) in [5.74, 6) is 0.919. The van der Waals surface area contributed by atoms with Gasteiger partial charge in [-0.1, -0.05) is 66.7 Å². The summed E-state index contributed by atoms with van der Waals surface area (Å²) in [7, 11) is 1.94. The third-order valence-corrected chi connectivity index (χ3v) is 5.35. The van der Waals surface area contributed by atoms with Crippen molar-refractivity contribution >= 4 is 11.1 Å². The van der Waals surface area contributed by atoms with Crippen LogP contribution >= 0.6 is 0 Å². The maximum absolute atomic E-state index is 5.82. The van der Waals surface area contributed by atoms with Gasteiger partial charge in [-0.15, -0.1) is 0 Å². The summed E-state index contributed by atoms with van der Waals surface area (Å²) in [5, 5.41) is 3.11. The summed E-state index contributed by atoms with van der Waals surface area (Å²) in [4.78, 5) is 0. The molecular weight excluding hydrogens is 342 g/mol. The average molecular weight is 370 g/mol. The molecule has 0 heterocycles. The minimum absolute atomic E-state index is 0.677. The van der Waals surface area contributed by atoms with Crippen LogP contribution in [-0.2, 0) is 6.42 Å². The number of allylic oxidation sites excluding steroid dienone is 1. The summed E-state index contributed by atoms with van der Waals surface area (Å²) in [6.45, 7) is 1.52. The Kier molecular flexibility index (Phi) is 5.89. The molecule has 28 heavy (non-hydrogen) atoms. The molecule has 2 nitrogen and oxygen atoms in total. The first-order valence-corrected chi connectivity index (χ1v) is 10.1. The predicted molar refractivity (Wildman–Crippen MR) is 118 cm³/mol. The van der Waals surface area contributed by atoms with E-state index < -0.39 is 0 Å². The molecule has 0 aliphatic heterocycles. The first-order valence-electron chi connectivity index (χ1n) is 10.1. The highest BCUT2D eigenvalue weighted by molar-refractivity contribution is 5.99. The lowest BCUT2D eigenvalue weighted by molar-refractivity contribution is 0.318. The van der Waals surface area contributed by atoms with Crippen molar-refractivity contribution < 1.29 is 4.74 Å². The Labute approximate surface area is 167 Å². The minimum Gasteiger partial charge on any atom is -0.492 e. The third kappa shape index (κ3) is 4.02. The van der Waals surface area contributed by atoms with Crippen LogP contribution in [0.1, 0.15) is 35.1 Å². The molecule has 4 rings (SSSR count). The van der Waals surface area contributed by atoms with E-state index in [0.29, 0.717) is 6.61 Å². The van der Waals surface area contributed by atoms with E-state index in [1.165, 1.54) is 39.8 Å². The molecule has 0 unspecified atom stereocenters. The quantitative estimate of drug-likeness (QED) is 0.573. The number of nitrogens with one attached hydrogen (secondary N) is 1. The van der Waals surface area contributed by atoms with Gasteiger partial charge in [0.05, 0.1) is 0 Å².